The number of methoxy groups -OCH3 is 2. The largest absolute Gasteiger partial charge is 0.497 e. The van der Waals surface area contributed by atoms with Crippen molar-refractivity contribution in [3.05, 3.63) is 18.2 Å². The molecule has 0 fully saturated rings. The predicted octanol–water partition coefficient (Wildman–Crippen LogP) is 2.17. The van der Waals surface area contributed by atoms with Crippen molar-refractivity contribution < 1.29 is 19.1 Å². The molecule has 0 saturated carbocycles. The zero-order valence-electron chi connectivity index (χ0n) is 10.4. The molecule has 0 N–H and O–H groups in total. The molecule has 0 radical (unpaired) electrons. The fraction of sp³-hybridized carbons (Fsp3) is 0.333. The second-order valence-electron chi connectivity index (χ2n) is 3.59. The number of ether oxygens (including phenoxy) is 2. The normalized spacial score (nSPS) is 9.78. The number of hydrogen-bond acceptors (Lipinski definition) is 4. The van der Waals surface area contributed by atoms with Crippen molar-refractivity contribution in [1.29, 1.82) is 0 Å². The molecule has 1 rings (SSSR count). The number of Topliss-reactive ketones (excluding diaryl/α,β-unsaturated/α-hetero) is 1. The highest BCUT2D eigenvalue weighted by molar-refractivity contribution is 6.38. The Morgan fingerprint density at radius 1 is 1.28 bits per heavy atom. The topological polar surface area (TPSA) is 55.8 Å². The minimum absolute atomic E-state index is 0.257. The second kappa shape index (κ2) is 6.26. The van der Waals surface area contributed by atoms with Crippen molar-refractivity contribution >= 4 is 29.2 Å². The zero-order valence-corrected chi connectivity index (χ0v) is 11.2. The van der Waals surface area contributed by atoms with Gasteiger partial charge in [0.2, 0.25) is 5.91 Å². The maximum absolute atomic E-state index is 11.7. The molecule has 0 bridgehead atoms. The number of anilines is 1. The first-order chi connectivity index (χ1) is 8.49. The highest BCUT2D eigenvalue weighted by Crippen LogP contribution is 2.33. The van der Waals surface area contributed by atoms with Gasteiger partial charge in [0.15, 0.2) is 0 Å². The van der Waals surface area contributed by atoms with E-state index >= 15 is 0 Å². The molecule has 0 heterocycles. The quantitative estimate of drug-likeness (QED) is 0.608. The number of ketones is 1. The standard InChI is InChI=1S/C12H14ClNO4/c1-8(15)6-12(16)14(13)10-7-9(17-2)4-5-11(10)18-3/h4-5,7H,6H2,1-3H3. The summed E-state index contributed by atoms with van der Waals surface area (Å²) in [5.74, 6) is 0.179. The molecule has 1 aromatic carbocycles. The zero-order chi connectivity index (χ0) is 13.7. The Balaban J connectivity index is 3.05. The van der Waals surface area contributed by atoms with E-state index in [4.69, 9.17) is 21.3 Å². The SMILES string of the molecule is COc1ccc(OC)c(N(Cl)C(=O)CC(C)=O)c1. The molecule has 0 spiro atoms. The Hall–Kier alpha value is -1.75. The second-order valence-corrected chi connectivity index (χ2v) is 3.93. The Morgan fingerprint density at radius 2 is 1.94 bits per heavy atom. The molecular formula is C12H14ClNO4. The summed E-state index contributed by atoms with van der Waals surface area (Å²) in [4.78, 5) is 22.6. The van der Waals surface area contributed by atoms with Gasteiger partial charge in [-0.05, 0) is 19.1 Å². The van der Waals surface area contributed by atoms with Gasteiger partial charge in [-0.3, -0.25) is 9.59 Å². The lowest BCUT2D eigenvalue weighted by Crippen LogP contribution is -2.23. The van der Waals surface area contributed by atoms with Gasteiger partial charge in [0.05, 0.1) is 20.6 Å². The van der Waals surface area contributed by atoms with Crippen LogP contribution in [0.2, 0.25) is 0 Å². The average Bonchev–Trinajstić information content (AvgIpc) is 2.36. The summed E-state index contributed by atoms with van der Waals surface area (Å²) in [7, 11) is 2.97. The van der Waals surface area contributed by atoms with E-state index in [0.717, 1.165) is 4.42 Å². The van der Waals surface area contributed by atoms with Crippen molar-refractivity contribution in [2.24, 2.45) is 0 Å². The highest BCUT2D eigenvalue weighted by Gasteiger charge is 2.19. The molecule has 18 heavy (non-hydrogen) atoms. The van der Waals surface area contributed by atoms with Crippen molar-refractivity contribution in [1.82, 2.24) is 0 Å². The third-order valence-corrected chi connectivity index (χ3v) is 2.59. The van der Waals surface area contributed by atoms with E-state index in [1.165, 1.54) is 21.1 Å². The van der Waals surface area contributed by atoms with Gasteiger partial charge in [-0.25, -0.2) is 4.42 Å². The molecule has 5 nitrogen and oxygen atoms in total. The van der Waals surface area contributed by atoms with Gasteiger partial charge in [0, 0.05) is 17.8 Å². The smallest absolute Gasteiger partial charge is 0.249 e. The number of benzene rings is 1. The van der Waals surface area contributed by atoms with Crippen molar-refractivity contribution in [3.63, 3.8) is 0 Å². The predicted molar refractivity (Wildman–Crippen MR) is 68.2 cm³/mol. The van der Waals surface area contributed by atoms with E-state index in [-0.39, 0.29) is 12.2 Å². The summed E-state index contributed by atoms with van der Waals surface area (Å²) >= 11 is 5.91. The van der Waals surface area contributed by atoms with Gasteiger partial charge in [-0.1, -0.05) is 0 Å². The van der Waals surface area contributed by atoms with Gasteiger partial charge in [-0.15, -0.1) is 0 Å². The third kappa shape index (κ3) is 3.37. The third-order valence-electron chi connectivity index (χ3n) is 2.22. The Kier molecular flexibility index (Phi) is 4.97. The van der Waals surface area contributed by atoms with Gasteiger partial charge in [0.1, 0.15) is 23.0 Å². The minimum atomic E-state index is -0.518. The summed E-state index contributed by atoms with van der Waals surface area (Å²) in [6.07, 6.45) is -0.260. The molecule has 0 atom stereocenters. The van der Waals surface area contributed by atoms with Crippen LogP contribution in [0, 0.1) is 0 Å². The number of hydrogen-bond donors (Lipinski definition) is 0. The van der Waals surface area contributed by atoms with Crippen molar-refractivity contribution in [2.75, 3.05) is 18.6 Å². The number of carbonyl (C=O) groups excluding carboxylic acids is 2. The molecular weight excluding hydrogens is 258 g/mol. The van der Waals surface area contributed by atoms with E-state index in [0.29, 0.717) is 17.2 Å². The molecule has 0 unspecified atom stereocenters. The molecule has 0 aliphatic rings. The maximum Gasteiger partial charge on any atom is 0.249 e. The molecule has 1 amide bonds. The number of nitrogens with zero attached hydrogens (tertiary/aromatic N) is 1. The number of rotatable bonds is 5. The number of carbonyl (C=O) groups is 2. The van der Waals surface area contributed by atoms with Crippen LogP contribution < -0.4 is 13.9 Å². The molecule has 1 aromatic rings. The maximum atomic E-state index is 11.7. The van der Waals surface area contributed by atoms with Gasteiger partial charge >= 0.3 is 0 Å². The van der Waals surface area contributed by atoms with Crippen LogP contribution in [-0.4, -0.2) is 25.9 Å². The molecule has 0 aliphatic carbocycles. The van der Waals surface area contributed by atoms with E-state index in [1.807, 2.05) is 0 Å². The first kappa shape index (κ1) is 14.3. The van der Waals surface area contributed by atoms with Gasteiger partial charge in [0.25, 0.3) is 0 Å². The lowest BCUT2D eigenvalue weighted by atomic mass is 10.2. The average molecular weight is 272 g/mol. The fourth-order valence-electron chi connectivity index (χ4n) is 1.37. The van der Waals surface area contributed by atoms with Gasteiger partial charge in [-0.2, -0.15) is 0 Å². The lowest BCUT2D eigenvalue weighted by Gasteiger charge is -2.17. The van der Waals surface area contributed by atoms with Crippen LogP contribution >= 0.6 is 11.8 Å². The number of halogens is 1. The summed E-state index contributed by atoms with van der Waals surface area (Å²) in [5.41, 5.74) is 0.338. The monoisotopic (exact) mass is 271 g/mol. The molecule has 0 saturated heterocycles. The van der Waals surface area contributed by atoms with Crippen LogP contribution in [0.5, 0.6) is 11.5 Å². The molecule has 0 aliphatic heterocycles. The van der Waals surface area contributed by atoms with E-state index < -0.39 is 5.91 Å². The highest BCUT2D eigenvalue weighted by atomic mass is 35.5. The Morgan fingerprint density at radius 3 is 2.44 bits per heavy atom. The summed E-state index contributed by atoms with van der Waals surface area (Å²) < 4.78 is 11.0. The van der Waals surface area contributed by atoms with Crippen LogP contribution in [0.1, 0.15) is 13.3 Å². The van der Waals surface area contributed by atoms with E-state index in [2.05, 4.69) is 0 Å². The molecule has 98 valence electrons. The van der Waals surface area contributed by atoms with E-state index in [9.17, 15) is 9.59 Å². The van der Waals surface area contributed by atoms with Crippen molar-refractivity contribution in [2.45, 2.75) is 13.3 Å². The van der Waals surface area contributed by atoms with Crippen LogP contribution in [-0.2, 0) is 9.59 Å². The Bertz CT molecular complexity index is 461. The van der Waals surface area contributed by atoms with Gasteiger partial charge < -0.3 is 9.47 Å². The first-order valence-electron chi connectivity index (χ1n) is 5.19. The lowest BCUT2D eigenvalue weighted by molar-refractivity contribution is -0.124. The summed E-state index contributed by atoms with van der Waals surface area (Å²) in [6.45, 7) is 1.32. The fourth-order valence-corrected chi connectivity index (χ4v) is 1.56. The van der Waals surface area contributed by atoms with Crippen LogP contribution in [0.15, 0.2) is 18.2 Å². The summed E-state index contributed by atoms with van der Waals surface area (Å²) in [6, 6.07) is 4.87. The van der Waals surface area contributed by atoms with Crippen molar-refractivity contribution in [3.8, 4) is 11.5 Å². The first-order valence-corrected chi connectivity index (χ1v) is 5.53. The van der Waals surface area contributed by atoms with E-state index in [1.54, 1.807) is 18.2 Å². The Labute approximate surface area is 110 Å². The minimum Gasteiger partial charge on any atom is -0.497 e. The van der Waals surface area contributed by atoms with Crippen LogP contribution in [0.3, 0.4) is 0 Å². The van der Waals surface area contributed by atoms with Crippen LogP contribution in [0.4, 0.5) is 5.69 Å². The molecule has 6 heteroatoms. The molecule has 0 aromatic heterocycles. The summed E-state index contributed by atoms with van der Waals surface area (Å²) in [5, 5.41) is 0. The van der Waals surface area contributed by atoms with Crippen LogP contribution in [0.25, 0.3) is 0 Å². The number of amides is 1.